The fraction of sp³-hybridized carbons (Fsp3) is 0.273. The number of hydrogen-bond acceptors (Lipinski definition) is 4. The Morgan fingerprint density at radius 1 is 1.39 bits per heavy atom. The highest BCUT2D eigenvalue weighted by Crippen LogP contribution is 2.16. The van der Waals surface area contributed by atoms with Crippen LogP contribution in [0.4, 0.5) is 0 Å². The molecule has 2 aromatic rings. The van der Waals surface area contributed by atoms with Crippen molar-refractivity contribution in [2.75, 3.05) is 0 Å². The van der Waals surface area contributed by atoms with E-state index in [1.54, 1.807) is 13.8 Å². The van der Waals surface area contributed by atoms with Crippen LogP contribution in [0.25, 0.3) is 5.95 Å². The third-order valence-corrected chi connectivity index (χ3v) is 2.76. The Bertz CT molecular complexity index is 592. The lowest BCUT2D eigenvalue weighted by Gasteiger charge is -2.02. The smallest absolute Gasteiger partial charge is 0.307 e. The monoisotopic (exact) mass is 266 g/mol. The average molecular weight is 267 g/mol. The lowest BCUT2D eigenvalue weighted by Crippen LogP contribution is -2.06. The highest BCUT2D eigenvalue weighted by Gasteiger charge is 2.16. The van der Waals surface area contributed by atoms with Crippen LogP contribution in [0.1, 0.15) is 17.0 Å². The van der Waals surface area contributed by atoms with Gasteiger partial charge in [-0.15, -0.1) is 0 Å². The van der Waals surface area contributed by atoms with E-state index in [2.05, 4.69) is 15.1 Å². The zero-order valence-corrected chi connectivity index (χ0v) is 10.6. The Morgan fingerprint density at radius 3 is 2.56 bits per heavy atom. The van der Waals surface area contributed by atoms with Gasteiger partial charge >= 0.3 is 5.97 Å². The highest BCUT2D eigenvalue weighted by molar-refractivity contribution is 6.30. The number of hydrogen-bond donors (Lipinski definition) is 1. The van der Waals surface area contributed by atoms with Crippen LogP contribution in [0.2, 0.25) is 5.02 Å². The zero-order chi connectivity index (χ0) is 13.3. The van der Waals surface area contributed by atoms with Crippen molar-refractivity contribution in [3.05, 3.63) is 34.4 Å². The van der Waals surface area contributed by atoms with Crippen molar-refractivity contribution in [2.45, 2.75) is 20.3 Å². The summed E-state index contributed by atoms with van der Waals surface area (Å²) in [7, 11) is 0. The first-order valence-electron chi connectivity index (χ1n) is 5.24. The van der Waals surface area contributed by atoms with Crippen molar-refractivity contribution in [1.29, 1.82) is 0 Å². The van der Waals surface area contributed by atoms with Crippen molar-refractivity contribution >= 4 is 17.6 Å². The van der Waals surface area contributed by atoms with Gasteiger partial charge in [0.2, 0.25) is 0 Å². The summed E-state index contributed by atoms with van der Waals surface area (Å²) >= 11 is 5.71. The molecule has 0 amide bonds. The molecule has 0 saturated heterocycles. The molecule has 0 radical (unpaired) electrons. The maximum absolute atomic E-state index is 10.8. The molecule has 0 aliphatic carbocycles. The van der Waals surface area contributed by atoms with Crippen LogP contribution in [0.5, 0.6) is 0 Å². The molecule has 2 rings (SSSR count). The number of nitrogens with zero attached hydrogens (tertiary/aromatic N) is 4. The second-order valence-corrected chi connectivity index (χ2v) is 4.27. The predicted molar refractivity (Wildman–Crippen MR) is 65.0 cm³/mol. The fourth-order valence-electron chi connectivity index (χ4n) is 1.69. The number of aryl methyl sites for hydroxylation is 1. The van der Waals surface area contributed by atoms with E-state index >= 15 is 0 Å². The largest absolute Gasteiger partial charge is 0.481 e. The molecule has 0 spiro atoms. The molecule has 0 saturated carbocycles. The number of aromatic nitrogens is 4. The minimum absolute atomic E-state index is 0.0642. The number of rotatable bonds is 3. The Kier molecular flexibility index (Phi) is 3.29. The van der Waals surface area contributed by atoms with Crippen molar-refractivity contribution in [1.82, 2.24) is 19.7 Å². The van der Waals surface area contributed by atoms with Gasteiger partial charge in [0.1, 0.15) is 0 Å². The van der Waals surface area contributed by atoms with Crippen molar-refractivity contribution in [3.63, 3.8) is 0 Å². The van der Waals surface area contributed by atoms with E-state index in [0.717, 1.165) is 5.69 Å². The fourth-order valence-corrected chi connectivity index (χ4v) is 1.79. The molecule has 0 aromatic carbocycles. The van der Waals surface area contributed by atoms with Crippen molar-refractivity contribution in [2.24, 2.45) is 0 Å². The van der Waals surface area contributed by atoms with Crippen LogP contribution < -0.4 is 0 Å². The van der Waals surface area contributed by atoms with Gasteiger partial charge in [-0.3, -0.25) is 4.79 Å². The summed E-state index contributed by atoms with van der Waals surface area (Å²) in [6.45, 7) is 3.55. The predicted octanol–water partition coefficient (Wildman–Crippen LogP) is 1.56. The zero-order valence-electron chi connectivity index (χ0n) is 9.88. The van der Waals surface area contributed by atoms with Gasteiger partial charge in [-0.25, -0.2) is 14.6 Å². The number of halogens is 1. The van der Waals surface area contributed by atoms with E-state index in [0.29, 0.717) is 22.2 Å². The highest BCUT2D eigenvalue weighted by atomic mass is 35.5. The number of carboxylic acid groups (broad SMARTS) is 1. The summed E-state index contributed by atoms with van der Waals surface area (Å²) in [5, 5.41) is 13.5. The minimum Gasteiger partial charge on any atom is -0.481 e. The first-order valence-corrected chi connectivity index (χ1v) is 5.61. The number of carboxylic acids is 1. The van der Waals surface area contributed by atoms with Gasteiger partial charge in [-0.05, 0) is 13.8 Å². The van der Waals surface area contributed by atoms with Crippen LogP contribution in [0.15, 0.2) is 12.4 Å². The van der Waals surface area contributed by atoms with Crippen LogP contribution in [0.3, 0.4) is 0 Å². The molecule has 2 heterocycles. The Balaban J connectivity index is 2.46. The van der Waals surface area contributed by atoms with Gasteiger partial charge in [0, 0.05) is 11.3 Å². The second kappa shape index (κ2) is 4.73. The Morgan fingerprint density at radius 2 is 2.00 bits per heavy atom. The van der Waals surface area contributed by atoms with E-state index in [4.69, 9.17) is 16.7 Å². The first-order chi connectivity index (χ1) is 8.49. The lowest BCUT2D eigenvalue weighted by molar-refractivity contribution is -0.136. The summed E-state index contributed by atoms with van der Waals surface area (Å²) in [6, 6.07) is 0. The standard InChI is InChI=1S/C11H11ClN4O2/c1-6-9(3-10(17)18)7(2)16(15-6)11-13-4-8(12)5-14-11/h4-5H,3H2,1-2H3,(H,17,18). The van der Waals surface area contributed by atoms with E-state index in [1.807, 2.05) is 0 Å². The van der Waals surface area contributed by atoms with Crippen LogP contribution in [-0.4, -0.2) is 30.8 Å². The van der Waals surface area contributed by atoms with E-state index in [-0.39, 0.29) is 6.42 Å². The third kappa shape index (κ3) is 2.33. The SMILES string of the molecule is Cc1nn(-c2ncc(Cl)cn2)c(C)c1CC(=O)O. The molecule has 18 heavy (non-hydrogen) atoms. The second-order valence-electron chi connectivity index (χ2n) is 3.83. The molecule has 2 aromatic heterocycles. The maximum Gasteiger partial charge on any atom is 0.307 e. The molecule has 0 aliphatic rings. The van der Waals surface area contributed by atoms with Gasteiger partial charge in [-0.2, -0.15) is 5.10 Å². The van der Waals surface area contributed by atoms with Crippen LogP contribution in [-0.2, 0) is 11.2 Å². The number of carbonyl (C=O) groups is 1. The van der Waals surface area contributed by atoms with Crippen LogP contribution >= 0.6 is 11.6 Å². The van der Waals surface area contributed by atoms with E-state index in [9.17, 15) is 4.79 Å². The van der Waals surface area contributed by atoms with Gasteiger partial charge in [-0.1, -0.05) is 11.6 Å². The normalized spacial score (nSPS) is 10.6. The average Bonchev–Trinajstić information content (AvgIpc) is 2.58. The molecule has 1 N–H and O–H groups in total. The molecule has 0 atom stereocenters. The van der Waals surface area contributed by atoms with Crippen molar-refractivity contribution < 1.29 is 9.90 Å². The van der Waals surface area contributed by atoms with Gasteiger partial charge < -0.3 is 5.11 Å². The van der Waals surface area contributed by atoms with Gasteiger partial charge in [0.15, 0.2) is 0 Å². The molecule has 94 valence electrons. The summed E-state index contributed by atoms with van der Waals surface area (Å²) in [6.07, 6.45) is 2.87. The van der Waals surface area contributed by atoms with E-state index < -0.39 is 5.97 Å². The molecule has 0 aliphatic heterocycles. The minimum atomic E-state index is -0.891. The van der Waals surface area contributed by atoms with Gasteiger partial charge in [0.25, 0.3) is 5.95 Å². The summed E-state index contributed by atoms with van der Waals surface area (Å²) < 4.78 is 1.52. The molecular weight excluding hydrogens is 256 g/mol. The third-order valence-electron chi connectivity index (χ3n) is 2.57. The molecule has 0 unspecified atom stereocenters. The first kappa shape index (κ1) is 12.5. The molecular formula is C11H11ClN4O2. The number of aliphatic carboxylic acids is 1. The Hall–Kier alpha value is -1.95. The molecule has 0 fully saturated rings. The van der Waals surface area contributed by atoms with Gasteiger partial charge in [0.05, 0.1) is 29.5 Å². The summed E-state index contributed by atoms with van der Waals surface area (Å²) in [4.78, 5) is 18.9. The van der Waals surface area contributed by atoms with Crippen LogP contribution in [0, 0.1) is 13.8 Å². The molecule has 6 nitrogen and oxygen atoms in total. The summed E-state index contributed by atoms with van der Waals surface area (Å²) in [5.41, 5.74) is 2.06. The quantitative estimate of drug-likeness (QED) is 0.912. The summed E-state index contributed by atoms with van der Waals surface area (Å²) in [5.74, 6) is -0.519. The lowest BCUT2D eigenvalue weighted by atomic mass is 10.1. The van der Waals surface area contributed by atoms with Crippen molar-refractivity contribution in [3.8, 4) is 5.95 Å². The maximum atomic E-state index is 10.8. The topological polar surface area (TPSA) is 80.9 Å². The molecule has 0 bridgehead atoms. The van der Waals surface area contributed by atoms with E-state index in [1.165, 1.54) is 17.1 Å². The molecule has 7 heteroatoms. The Labute approximate surface area is 108 Å².